The van der Waals surface area contributed by atoms with Crippen molar-refractivity contribution >= 4 is 35.4 Å². The molecular formula is C31H44N4O6. The van der Waals surface area contributed by atoms with E-state index in [4.69, 9.17) is 19.7 Å². The molecule has 0 spiro atoms. The van der Waals surface area contributed by atoms with E-state index >= 15 is 0 Å². The predicted octanol–water partition coefficient (Wildman–Crippen LogP) is 4.19. The van der Waals surface area contributed by atoms with E-state index in [0.717, 1.165) is 30.5 Å². The molecule has 10 nitrogen and oxygen atoms in total. The average molecular weight is 569 g/mol. The van der Waals surface area contributed by atoms with Crippen LogP contribution in [0, 0.1) is 18.8 Å². The minimum Gasteiger partial charge on any atom is -0.497 e. The van der Waals surface area contributed by atoms with Crippen LogP contribution in [0.15, 0.2) is 53.1 Å². The number of amides is 2. The molecule has 0 saturated carbocycles. The zero-order valence-corrected chi connectivity index (χ0v) is 25.0. The van der Waals surface area contributed by atoms with Crippen molar-refractivity contribution in [1.29, 1.82) is 0 Å². The summed E-state index contributed by atoms with van der Waals surface area (Å²) in [6.45, 7) is 11.8. The number of Topliss-reactive ketones (excluding diaryl/α,β-unsaturated/α-hetero) is 1. The highest BCUT2D eigenvalue weighted by molar-refractivity contribution is 5.98. The molecule has 3 heterocycles. The molecule has 2 atom stereocenters. The largest absolute Gasteiger partial charge is 0.497 e. The fraction of sp³-hybridized carbons (Fsp3) is 0.452. The number of aromatic nitrogens is 1. The average Bonchev–Trinajstić information content (AvgIpc) is 3.30. The zero-order chi connectivity index (χ0) is 30.9. The van der Waals surface area contributed by atoms with Crippen LogP contribution in [0.3, 0.4) is 0 Å². The Kier molecular flexibility index (Phi) is 15.6. The Labute approximate surface area is 242 Å². The number of methoxy groups -OCH3 is 1. The van der Waals surface area contributed by atoms with Gasteiger partial charge in [0.25, 0.3) is 5.91 Å². The van der Waals surface area contributed by atoms with E-state index in [-0.39, 0.29) is 11.7 Å². The Morgan fingerprint density at radius 2 is 1.93 bits per heavy atom. The molecule has 4 rings (SSSR count). The smallest absolute Gasteiger partial charge is 0.287 e. The molecule has 10 heteroatoms. The summed E-state index contributed by atoms with van der Waals surface area (Å²) < 4.78 is 10.6. The number of pyridine rings is 1. The van der Waals surface area contributed by atoms with Crippen LogP contribution in [0.2, 0.25) is 0 Å². The maximum absolute atomic E-state index is 12.2. The standard InChI is InChI=1S/C16H20N2O4.C8H15NO.C6H7N.CH2O/c1-9(2)6-12(15(17)19)18-16(20)14-8-10-7-11(21-3)4-5-13(10)22-14;1-7-3-4-8(10)6-9(2)5-7;1-6-4-2-3-5-7-6;1-2/h4-5,7-9,12H,6H2,1-3H3,(H2,17,19)(H,18,20);7H,3-6H2,1-2H3;2-5H,1H3;1H2. The predicted molar refractivity (Wildman–Crippen MR) is 160 cm³/mol. The topological polar surface area (TPSA) is 145 Å². The number of likely N-dealkylation sites (N-methyl/N-ethyl adjacent to an activating group) is 1. The molecule has 0 bridgehead atoms. The summed E-state index contributed by atoms with van der Waals surface area (Å²) in [4.78, 5) is 48.7. The molecule has 1 aliphatic rings. The molecule has 3 aromatic rings. The number of benzene rings is 1. The minimum absolute atomic E-state index is 0.137. The quantitative estimate of drug-likeness (QED) is 0.450. The number of ketones is 1. The van der Waals surface area contributed by atoms with Crippen LogP contribution in [0.1, 0.15) is 56.3 Å². The van der Waals surface area contributed by atoms with E-state index in [2.05, 4.69) is 22.1 Å². The first-order chi connectivity index (χ1) is 19.5. The van der Waals surface area contributed by atoms with Crippen molar-refractivity contribution < 1.29 is 28.3 Å². The lowest BCUT2D eigenvalue weighted by atomic mass is 10.0. The number of ether oxygens (including phenoxy) is 1. The Morgan fingerprint density at radius 1 is 1.22 bits per heavy atom. The first-order valence-electron chi connectivity index (χ1n) is 13.5. The van der Waals surface area contributed by atoms with Gasteiger partial charge in [-0.3, -0.25) is 24.3 Å². The number of nitrogens with zero attached hydrogens (tertiary/aromatic N) is 2. The highest BCUT2D eigenvalue weighted by atomic mass is 16.5. The van der Waals surface area contributed by atoms with E-state index in [9.17, 15) is 14.4 Å². The third kappa shape index (κ3) is 13.2. The van der Waals surface area contributed by atoms with Crippen LogP contribution < -0.4 is 15.8 Å². The van der Waals surface area contributed by atoms with Crippen LogP contribution >= 0.6 is 0 Å². The number of fused-ring (bicyclic) bond motifs is 1. The van der Waals surface area contributed by atoms with Gasteiger partial charge in [-0.2, -0.15) is 0 Å². The van der Waals surface area contributed by atoms with Crippen LogP contribution in [0.5, 0.6) is 5.75 Å². The third-order valence-corrected chi connectivity index (χ3v) is 6.10. The van der Waals surface area contributed by atoms with Crippen molar-refractivity contribution in [2.24, 2.45) is 17.6 Å². The van der Waals surface area contributed by atoms with Gasteiger partial charge in [0.15, 0.2) is 5.76 Å². The zero-order valence-electron chi connectivity index (χ0n) is 25.0. The van der Waals surface area contributed by atoms with Crippen molar-refractivity contribution in [2.75, 3.05) is 27.2 Å². The summed E-state index contributed by atoms with van der Waals surface area (Å²) in [5, 5.41) is 3.37. The highest BCUT2D eigenvalue weighted by Crippen LogP contribution is 2.24. The summed E-state index contributed by atoms with van der Waals surface area (Å²) in [6, 6.07) is 12.0. The second-order valence-corrected chi connectivity index (χ2v) is 10.4. The first-order valence-corrected chi connectivity index (χ1v) is 13.5. The minimum atomic E-state index is -0.713. The number of nitrogens with two attached hydrogens (primary N) is 1. The van der Waals surface area contributed by atoms with E-state index in [1.165, 1.54) is 0 Å². The molecule has 2 amide bonds. The second-order valence-electron chi connectivity index (χ2n) is 10.4. The molecule has 224 valence electrons. The van der Waals surface area contributed by atoms with Crippen molar-refractivity contribution in [1.82, 2.24) is 15.2 Å². The van der Waals surface area contributed by atoms with Gasteiger partial charge in [0.2, 0.25) is 5.91 Å². The van der Waals surface area contributed by atoms with Gasteiger partial charge >= 0.3 is 0 Å². The summed E-state index contributed by atoms with van der Waals surface area (Å²) in [6.07, 6.45) is 4.12. The molecule has 2 unspecified atom stereocenters. The highest BCUT2D eigenvalue weighted by Gasteiger charge is 2.22. The molecule has 0 aliphatic carbocycles. The number of aryl methyl sites for hydroxylation is 1. The van der Waals surface area contributed by atoms with Gasteiger partial charge in [-0.05, 0) is 75.0 Å². The molecule has 1 saturated heterocycles. The molecule has 3 N–H and O–H groups in total. The second kappa shape index (κ2) is 18.3. The number of hydrogen-bond donors (Lipinski definition) is 2. The van der Waals surface area contributed by atoms with Crippen LogP contribution in [0.4, 0.5) is 0 Å². The first kappa shape index (κ1) is 35.0. The Balaban J connectivity index is 0.000000362. The Bertz CT molecular complexity index is 1230. The number of likely N-dealkylation sites (tertiary alicyclic amines) is 1. The third-order valence-electron chi connectivity index (χ3n) is 6.10. The van der Waals surface area contributed by atoms with Gasteiger partial charge in [-0.25, -0.2) is 0 Å². The number of rotatable bonds is 6. The van der Waals surface area contributed by atoms with Gasteiger partial charge in [-0.15, -0.1) is 0 Å². The summed E-state index contributed by atoms with van der Waals surface area (Å²) >= 11 is 0. The number of furan rings is 1. The SMILES string of the molecule is C=O.CC1CCC(=O)CN(C)C1.COc1ccc2oc(C(=O)NC(CC(C)C)C(N)=O)cc2c1.Cc1ccccn1. The van der Waals surface area contributed by atoms with Gasteiger partial charge in [-0.1, -0.05) is 26.8 Å². The fourth-order valence-corrected chi connectivity index (χ4v) is 4.13. The fourth-order valence-electron chi connectivity index (χ4n) is 4.13. The monoisotopic (exact) mass is 568 g/mol. The van der Waals surface area contributed by atoms with Gasteiger partial charge < -0.3 is 25.0 Å². The van der Waals surface area contributed by atoms with E-state index in [1.807, 2.05) is 52.8 Å². The van der Waals surface area contributed by atoms with Crippen molar-refractivity contribution in [3.8, 4) is 5.75 Å². The number of carbonyl (C=O) groups excluding carboxylic acids is 4. The van der Waals surface area contributed by atoms with Gasteiger partial charge in [0.05, 0.1) is 13.7 Å². The van der Waals surface area contributed by atoms with Crippen LogP contribution in [0.25, 0.3) is 11.0 Å². The molecule has 1 aliphatic heterocycles. The van der Waals surface area contributed by atoms with Crippen LogP contribution in [-0.4, -0.2) is 67.6 Å². The number of primary amides is 1. The van der Waals surface area contributed by atoms with E-state index in [1.54, 1.807) is 37.6 Å². The number of carbonyl (C=O) groups is 4. The summed E-state index contributed by atoms with van der Waals surface area (Å²) in [5.74, 6) is 1.12. The lowest BCUT2D eigenvalue weighted by molar-refractivity contribution is -0.120. The molecule has 2 aromatic heterocycles. The molecule has 1 aromatic carbocycles. The maximum atomic E-state index is 12.2. The maximum Gasteiger partial charge on any atom is 0.287 e. The lowest BCUT2D eigenvalue weighted by Crippen LogP contribution is -2.45. The number of hydrogen-bond acceptors (Lipinski definition) is 8. The molecule has 1 fully saturated rings. The van der Waals surface area contributed by atoms with Gasteiger partial charge in [0.1, 0.15) is 29.9 Å². The van der Waals surface area contributed by atoms with Crippen molar-refractivity contribution in [3.63, 3.8) is 0 Å². The summed E-state index contributed by atoms with van der Waals surface area (Å²) in [7, 11) is 3.58. The normalized spacial score (nSPS) is 15.6. The van der Waals surface area contributed by atoms with E-state index < -0.39 is 17.9 Å². The molecule has 41 heavy (non-hydrogen) atoms. The lowest BCUT2D eigenvalue weighted by Gasteiger charge is -2.16. The Morgan fingerprint density at radius 3 is 2.46 bits per heavy atom. The van der Waals surface area contributed by atoms with E-state index in [0.29, 0.717) is 36.0 Å². The van der Waals surface area contributed by atoms with Gasteiger partial charge in [0, 0.05) is 30.2 Å². The number of nitrogens with one attached hydrogen (secondary N) is 1. The van der Waals surface area contributed by atoms with Crippen molar-refractivity contribution in [2.45, 2.75) is 53.0 Å². The van der Waals surface area contributed by atoms with Crippen LogP contribution in [-0.2, 0) is 14.4 Å². The summed E-state index contributed by atoms with van der Waals surface area (Å²) in [5.41, 5.74) is 6.97. The Hall–Kier alpha value is -4.05. The van der Waals surface area contributed by atoms with Crippen molar-refractivity contribution in [3.05, 3.63) is 60.1 Å². The molecular weight excluding hydrogens is 524 g/mol. The molecule has 0 radical (unpaired) electrons.